The number of rotatable bonds is 8. The molecule has 4 nitrogen and oxygen atoms in total. The van der Waals surface area contributed by atoms with E-state index in [4.69, 9.17) is 0 Å². The molecule has 1 rings (SSSR count). The first-order valence-corrected chi connectivity index (χ1v) is 12.9. The summed E-state index contributed by atoms with van der Waals surface area (Å²) in [6.45, 7) is 28.1. The van der Waals surface area contributed by atoms with Crippen LogP contribution in [0.2, 0.25) is 0 Å². The summed E-state index contributed by atoms with van der Waals surface area (Å²) in [4.78, 5) is 29.4. The zero-order chi connectivity index (χ0) is 26.1. The topological polar surface area (TPSA) is 49.4 Å². The van der Waals surface area contributed by atoms with Crippen LogP contribution in [0.25, 0.3) is 0 Å². The molecule has 1 N–H and O–H groups in total. The van der Waals surface area contributed by atoms with Crippen molar-refractivity contribution in [3.05, 3.63) is 12.2 Å². The molecule has 0 amide bonds. The second kappa shape index (κ2) is 9.93. The molecule has 1 saturated heterocycles. The van der Waals surface area contributed by atoms with Crippen molar-refractivity contribution in [2.45, 2.75) is 144 Å². The SMILES string of the molecule is CC(C)(C)N[C@@](C)(CC/C=C/C[C@@]1(C(=O)C(C)(C)C)CCCN1C(C)(C)C)C(=O)C(C)(C)C. The number of nitrogens with zero attached hydrogens (tertiary/aromatic N) is 1. The minimum atomic E-state index is -0.593. The second-order valence-corrected chi connectivity index (χ2v) is 14.5. The molecule has 0 radical (unpaired) electrons. The van der Waals surface area contributed by atoms with E-state index in [1.165, 1.54) is 0 Å². The molecular weight excluding hydrogens is 408 g/mol. The van der Waals surface area contributed by atoms with Crippen LogP contribution < -0.4 is 5.32 Å². The first-order valence-electron chi connectivity index (χ1n) is 12.9. The predicted octanol–water partition coefficient (Wildman–Crippen LogP) is 6.72. The van der Waals surface area contributed by atoms with Crippen LogP contribution in [-0.2, 0) is 9.59 Å². The van der Waals surface area contributed by atoms with Crippen LogP contribution in [0, 0.1) is 10.8 Å². The number of carbonyl (C=O) groups is 2. The van der Waals surface area contributed by atoms with Crippen molar-refractivity contribution >= 4 is 11.6 Å². The van der Waals surface area contributed by atoms with Gasteiger partial charge in [0.05, 0.1) is 11.1 Å². The third-order valence-corrected chi connectivity index (χ3v) is 6.67. The lowest BCUT2D eigenvalue weighted by atomic mass is 9.73. The minimum absolute atomic E-state index is 0.0560. The highest BCUT2D eigenvalue weighted by Crippen LogP contribution is 2.43. The van der Waals surface area contributed by atoms with Gasteiger partial charge in [-0.1, -0.05) is 53.7 Å². The maximum atomic E-state index is 13.7. The Bertz CT molecular complexity index is 725. The minimum Gasteiger partial charge on any atom is -0.300 e. The second-order valence-electron chi connectivity index (χ2n) is 14.5. The van der Waals surface area contributed by atoms with Crippen molar-refractivity contribution in [1.29, 1.82) is 0 Å². The molecular formula is C29H54N2O2. The van der Waals surface area contributed by atoms with Crippen molar-refractivity contribution in [3.8, 4) is 0 Å². The predicted molar refractivity (Wildman–Crippen MR) is 142 cm³/mol. The van der Waals surface area contributed by atoms with Gasteiger partial charge in [0.15, 0.2) is 11.6 Å². The van der Waals surface area contributed by atoms with Crippen LogP contribution in [-0.4, -0.2) is 45.2 Å². The van der Waals surface area contributed by atoms with Gasteiger partial charge in [0.2, 0.25) is 0 Å². The summed E-state index contributed by atoms with van der Waals surface area (Å²) in [5.74, 6) is 0.585. The van der Waals surface area contributed by atoms with Crippen LogP contribution >= 0.6 is 0 Å². The van der Waals surface area contributed by atoms with Gasteiger partial charge in [0.25, 0.3) is 0 Å². The molecule has 1 aliphatic heterocycles. The third-order valence-electron chi connectivity index (χ3n) is 6.67. The maximum absolute atomic E-state index is 13.7. The summed E-state index contributed by atoms with van der Waals surface area (Å²) >= 11 is 0. The number of allylic oxidation sites excluding steroid dienone is 1. The Morgan fingerprint density at radius 2 is 1.39 bits per heavy atom. The average Bonchev–Trinajstić information content (AvgIpc) is 3.02. The molecule has 0 aromatic rings. The first kappa shape index (κ1) is 30.0. The van der Waals surface area contributed by atoms with Gasteiger partial charge in [0.1, 0.15) is 0 Å². The van der Waals surface area contributed by atoms with E-state index in [1.807, 2.05) is 48.5 Å². The molecule has 0 spiro atoms. The summed E-state index contributed by atoms with van der Waals surface area (Å²) in [5.41, 5.74) is -2.03. The number of nitrogens with one attached hydrogen (secondary N) is 1. The van der Waals surface area contributed by atoms with Crippen LogP contribution in [0.1, 0.15) is 122 Å². The smallest absolute Gasteiger partial charge is 0.158 e. The number of ketones is 2. The van der Waals surface area contributed by atoms with Gasteiger partial charge in [-0.2, -0.15) is 0 Å². The van der Waals surface area contributed by atoms with E-state index < -0.39 is 16.5 Å². The van der Waals surface area contributed by atoms with Gasteiger partial charge in [-0.15, -0.1) is 0 Å². The van der Waals surface area contributed by atoms with E-state index in [2.05, 4.69) is 63.9 Å². The monoisotopic (exact) mass is 462 g/mol. The van der Waals surface area contributed by atoms with E-state index in [9.17, 15) is 9.59 Å². The number of carbonyl (C=O) groups excluding carboxylic acids is 2. The van der Waals surface area contributed by atoms with Gasteiger partial charge >= 0.3 is 0 Å². The molecule has 4 heteroatoms. The van der Waals surface area contributed by atoms with Crippen LogP contribution in [0.4, 0.5) is 0 Å². The molecule has 1 heterocycles. The zero-order valence-electron chi connectivity index (χ0n) is 24.2. The Morgan fingerprint density at radius 3 is 1.82 bits per heavy atom. The Kier molecular flexibility index (Phi) is 9.04. The quantitative estimate of drug-likeness (QED) is 0.407. The summed E-state index contributed by atoms with van der Waals surface area (Å²) in [6, 6.07) is 0. The van der Waals surface area contributed by atoms with Gasteiger partial charge in [0, 0.05) is 21.9 Å². The van der Waals surface area contributed by atoms with E-state index in [1.54, 1.807) is 0 Å². The Labute approximate surface area is 205 Å². The van der Waals surface area contributed by atoms with E-state index in [0.717, 1.165) is 38.6 Å². The fourth-order valence-electron chi connectivity index (χ4n) is 5.75. The summed E-state index contributed by atoms with van der Waals surface area (Å²) in [7, 11) is 0. The molecule has 33 heavy (non-hydrogen) atoms. The van der Waals surface area contributed by atoms with Crippen molar-refractivity contribution in [2.75, 3.05) is 6.54 Å². The Balaban J connectivity index is 3.09. The number of hydrogen-bond donors (Lipinski definition) is 1. The highest BCUT2D eigenvalue weighted by molar-refractivity contribution is 5.93. The number of hydrogen-bond acceptors (Lipinski definition) is 4. The van der Waals surface area contributed by atoms with Gasteiger partial charge in [-0.3, -0.25) is 14.5 Å². The highest BCUT2D eigenvalue weighted by Gasteiger charge is 2.52. The molecule has 1 aliphatic rings. The van der Waals surface area contributed by atoms with Gasteiger partial charge < -0.3 is 5.32 Å². The molecule has 0 saturated carbocycles. The normalized spacial score (nSPS) is 23.2. The van der Waals surface area contributed by atoms with Crippen molar-refractivity contribution in [3.63, 3.8) is 0 Å². The molecule has 2 atom stereocenters. The lowest BCUT2D eigenvalue weighted by molar-refractivity contribution is -0.140. The highest BCUT2D eigenvalue weighted by atomic mass is 16.1. The first-order chi connectivity index (χ1) is 14.6. The van der Waals surface area contributed by atoms with E-state index in [0.29, 0.717) is 5.78 Å². The van der Waals surface area contributed by atoms with Crippen molar-refractivity contribution < 1.29 is 9.59 Å². The maximum Gasteiger partial charge on any atom is 0.158 e. The summed E-state index contributed by atoms with van der Waals surface area (Å²) in [6.07, 6.45) is 8.63. The summed E-state index contributed by atoms with van der Waals surface area (Å²) in [5, 5.41) is 3.60. The fourth-order valence-corrected chi connectivity index (χ4v) is 5.75. The lowest BCUT2D eigenvalue weighted by Crippen LogP contribution is -2.60. The van der Waals surface area contributed by atoms with Crippen LogP contribution in [0.5, 0.6) is 0 Å². The summed E-state index contributed by atoms with van der Waals surface area (Å²) < 4.78 is 0. The molecule has 192 valence electrons. The molecule has 0 aromatic carbocycles. The molecule has 0 unspecified atom stereocenters. The van der Waals surface area contributed by atoms with Crippen LogP contribution in [0.3, 0.4) is 0 Å². The molecule has 0 aromatic heterocycles. The van der Waals surface area contributed by atoms with Crippen molar-refractivity contribution in [1.82, 2.24) is 10.2 Å². The van der Waals surface area contributed by atoms with E-state index >= 15 is 0 Å². The van der Waals surface area contributed by atoms with Gasteiger partial charge in [-0.25, -0.2) is 0 Å². The molecule has 1 fully saturated rings. The molecule has 0 aliphatic carbocycles. The zero-order valence-corrected chi connectivity index (χ0v) is 24.2. The third kappa shape index (κ3) is 7.75. The van der Waals surface area contributed by atoms with Crippen LogP contribution in [0.15, 0.2) is 12.2 Å². The Morgan fingerprint density at radius 1 is 0.848 bits per heavy atom. The van der Waals surface area contributed by atoms with E-state index in [-0.39, 0.29) is 22.3 Å². The standard InChI is InChI=1S/C29H54N2O2/c1-24(2,3)22(32)28(13,30-26(7,8)9)18-15-14-16-19-29(23(33)25(4,5)6)20-17-21-31(29)27(10,11)12/h14,16,30H,15,17-21H2,1-13H3/b16-14+/t28-,29-/m0/s1. The number of likely N-dealkylation sites (tertiary alicyclic amines) is 1. The lowest BCUT2D eigenvalue weighted by Gasteiger charge is -2.47. The van der Waals surface area contributed by atoms with Gasteiger partial charge in [-0.05, 0) is 87.1 Å². The largest absolute Gasteiger partial charge is 0.300 e. The number of Topliss-reactive ketones (excluding diaryl/α,β-unsaturated/α-hetero) is 2. The fraction of sp³-hybridized carbons (Fsp3) is 0.862. The Hall–Kier alpha value is -1.00. The molecule has 0 bridgehead atoms. The average molecular weight is 463 g/mol. The van der Waals surface area contributed by atoms with Crippen molar-refractivity contribution in [2.24, 2.45) is 10.8 Å².